The molecule has 2 aliphatic heterocycles. The Hall–Kier alpha value is -1.41. The second-order valence-corrected chi connectivity index (χ2v) is 7.71. The van der Waals surface area contributed by atoms with Crippen LogP contribution in [0.15, 0.2) is 12.4 Å². The number of carbonyl (C=O) groups excluding carboxylic acids is 1. The molecule has 0 unspecified atom stereocenters. The first-order valence-corrected chi connectivity index (χ1v) is 9.07. The van der Waals surface area contributed by atoms with Crippen LogP contribution >= 0.6 is 0 Å². The molecule has 116 valence electrons. The second kappa shape index (κ2) is 5.42. The molecule has 1 amide bonds. The zero-order valence-corrected chi connectivity index (χ0v) is 12.8. The van der Waals surface area contributed by atoms with Crippen molar-refractivity contribution in [2.75, 3.05) is 12.8 Å². The number of fused-ring (bicyclic) bond motifs is 1. The number of hydrogen-bond acceptors (Lipinski definition) is 4. The Morgan fingerprint density at radius 2 is 2.24 bits per heavy atom. The lowest BCUT2D eigenvalue weighted by atomic mass is 10.1. The maximum Gasteiger partial charge on any atom is 0.238 e. The van der Waals surface area contributed by atoms with E-state index < -0.39 is 16.1 Å². The van der Waals surface area contributed by atoms with Crippen molar-refractivity contribution in [1.82, 2.24) is 19.2 Å². The molecule has 0 bridgehead atoms. The van der Waals surface area contributed by atoms with Crippen LogP contribution in [0.5, 0.6) is 0 Å². The minimum Gasteiger partial charge on any atom is -0.350 e. The highest BCUT2D eigenvalue weighted by Crippen LogP contribution is 2.21. The van der Waals surface area contributed by atoms with E-state index in [1.165, 1.54) is 4.31 Å². The zero-order chi connectivity index (χ0) is 15.0. The van der Waals surface area contributed by atoms with Crippen molar-refractivity contribution in [1.29, 1.82) is 0 Å². The second-order valence-electron chi connectivity index (χ2n) is 5.77. The molecule has 0 aromatic carbocycles. The summed E-state index contributed by atoms with van der Waals surface area (Å²) in [7, 11) is -3.32. The Labute approximate surface area is 124 Å². The van der Waals surface area contributed by atoms with Crippen molar-refractivity contribution < 1.29 is 13.2 Å². The van der Waals surface area contributed by atoms with Gasteiger partial charge in [0.05, 0.1) is 6.26 Å². The molecule has 2 atom stereocenters. The molecule has 3 rings (SSSR count). The fourth-order valence-electron chi connectivity index (χ4n) is 3.18. The highest BCUT2D eigenvalue weighted by Gasteiger charge is 2.37. The van der Waals surface area contributed by atoms with Gasteiger partial charge in [0.15, 0.2) is 0 Å². The largest absolute Gasteiger partial charge is 0.350 e. The number of imidazole rings is 1. The number of amides is 1. The molecule has 0 aliphatic carbocycles. The van der Waals surface area contributed by atoms with E-state index in [2.05, 4.69) is 10.3 Å². The first-order valence-electron chi connectivity index (χ1n) is 7.22. The number of rotatable bonds is 3. The van der Waals surface area contributed by atoms with Gasteiger partial charge < -0.3 is 9.88 Å². The fraction of sp³-hybridized carbons (Fsp3) is 0.692. The van der Waals surface area contributed by atoms with E-state index in [9.17, 15) is 13.2 Å². The summed E-state index contributed by atoms with van der Waals surface area (Å²) < 4.78 is 26.8. The van der Waals surface area contributed by atoms with Crippen molar-refractivity contribution in [3.63, 3.8) is 0 Å². The summed E-state index contributed by atoms with van der Waals surface area (Å²) in [5.74, 6) is 0.866. The maximum atomic E-state index is 12.4. The average molecular weight is 312 g/mol. The van der Waals surface area contributed by atoms with E-state index >= 15 is 0 Å². The molecule has 8 heteroatoms. The minimum absolute atomic E-state index is 0.0428. The third-order valence-electron chi connectivity index (χ3n) is 4.21. The molecular weight excluding hydrogens is 292 g/mol. The van der Waals surface area contributed by atoms with Crippen LogP contribution in [0.1, 0.15) is 25.1 Å². The normalized spacial score (nSPS) is 26.5. The lowest BCUT2D eigenvalue weighted by molar-refractivity contribution is -0.125. The van der Waals surface area contributed by atoms with Crippen LogP contribution in [0, 0.1) is 0 Å². The first kappa shape index (κ1) is 14.5. The lowest BCUT2D eigenvalue weighted by Crippen LogP contribution is -2.50. The van der Waals surface area contributed by atoms with E-state index in [0.717, 1.165) is 31.3 Å². The third-order valence-corrected chi connectivity index (χ3v) is 5.50. The predicted molar refractivity (Wildman–Crippen MR) is 77.1 cm³/mol. The van der Waals surface area contributed by atoms with Crippen LogP contribution < -0.4 is 5.32 Å². The van der Waals surface area contributed by atoms with Gasteiger partial charge in [0, 0.05) is 37.9 Å². The standard InChI is InChI=1S/C13H20N4O3S/c1-21(19,20)17-7-2-3-11(17)13(18)15-10-4-5-12-14-6-8-16(12)9-10/h6,8,10-11H,2-5,7,9H2,1H3,(H,15,18)/t10-,11+/m0/s1. The summed E-state index contributed by atoms with van der Waals surface area (Å²) >= 11 is 0. The molecule has 7 nitrogen and oxygen atoms in total. The van der Waals surface area contributed by atoms with Gasteiger partial charge in [-0.3, -0.25) is 4.79 Å². The summed E-state index contributed by atoms with van der Waals surface area (Å²) in [6.45, 7) is 1.14. The van der Waals surface area contributed by atoms with Crippen molar-refractivity contribution in [2.24, 2.45) is 0 Å². The number of aryl methyl sites for hydroxylation is 1. The number of sulfonamides is 1. The monoisotopic (exact) mass is 312 g/mol. The highest BCUT2D eigenvalue weighted by molar-refractivity contribution is 7.88. The lowest BCUT2D eigenvalue weighted by Gasteiger charge is -2.28. The van der Waals surface area contributed by atoms with Crippen molar-refractivity contribution in [3.05, 3.63) is 18.2 Å². The van der Waals surface area contributed by atoms with Crippen LogP contribution in [0.2, 0.25) is 0 Å². The molecule has 1 fully saturated rings. The van der Waals surface area contributed by atoms with Crippen LogP contribution in [0.3, 0.4) is 0 Å². The van der Waals surface area contributed by atoms with Gasteiger partial charge in [-0.25, -0.2) is 13.4 Å². The Kier molecular flexibility index (Phi) is 3.75. The Balaban J connectivity index is 1.65. The molecule has 1 N–H and O–H groups in total. The predicted octanol–water partition coefficient (Wildman–Crippen LogP) is -0.262. The zero-order valence-electron chi connectivity index (χ0n) is 12.0. The van der Waals surface area contributed by atoms with Crippen LogP contribution in [0.25, 0.3) is 0 Å². The fourth-order valence-corrected chi connectivity index (χ4v) is 4.30. The topological polar surface area (TPSA) is 84.3 Å². The Morgan fingerprint density at radius 3 is 3.00 bits per heavy atom. The molecule has 0 spiro atoms. The molecule has 2 aliphatic rings. The molecule has 1 aromatic heterocycles. The van der Waals surface area contributed by atoms with Gasteiger partial charge in [-0.1, -0.05) is 0 Å². The molecule has 0 radical (unpaired) electrons. The summed E-state index contributed by atoms with van der Waals surface area (Å²) in [6.07, 6.45) is 7.85. The molecule has 1 saturated heterocycles. The summed E-state index contributed by atoms with van der Waals surface area (Å²) in [5.41, 5.74) is 0. The van der Waals surface area contributed by atoms with Crippen LogP contribution in [0.4, 0.5) is 0 Å². The van der Waals surface area contributed by atoms with Gasteiger partial charge >= 0.3 is 0 Å². The number of hydrogen-bond donors (Lipinski definition) is 1. The van der Waals surface area contributed by atoms with E-state index in [-0.39, 0.29) is 11.9 Å². The van der Waals surface area contributed by atoms with Crippen molar-refractivity contribution in [3.8, 4) is 0 Å². The summed E-state index contributed by atoms with van der Waals surface area (Å²) in [5, 5.41) is 3.00. The van der Waals surface area contributed by atoms with Gasteiger partial charge in [-0.2, -0.15) is 4.31 Å². The highest BCUT2D eigenvalue weighted by atomic mass is 32.2. The van der Waals surface area contributed by atoms with Gasteiger partial charge in [0.2, 0.25) is 15.9 Å². The molecule has 3 heterocycles. The van der Waals surface area contributed by atoms with E-state index in [0.29, 0.717) is 19.5 Å². The van der Waals surface area contributed by atoms with Gasteiger partial charge in [0.1, 0.15) is 11.9 Å². The SMILES string of the molecule is CS(=O)(=O)N1CCC[C@@H]1C(=O)N[C@H]1CCc2nccn2C1. The van der Waals surface area contributed by atoms with Crippen LogP contribution in [-0.4, -0.2) is 53.1 Å². The molecule has 21 heavy (non-hydrogen) atoms. The number of aromatic nitrogens is 2. The first-order chi connectivity index (χ1) is 9.95. The van der Waals surface area contributed by atoms with E-state index in [1.54, 1.807) is 6.20 Å². The number of nitrogens with one attached hydrogen (secondary N) is 1. The average Bonchev–Trinajstić information content (AvgIpc) is 3.06. The van der Waals surface area contributed by atoms with Crippen molar-refractivity contribution >= 4 is 15.9 Å². The molecule has 0 saturated carbocycles. The van der Waals surface area contributed by atoms with Gasteiger partial charge in [-0.15, -0.1) is 0 Å². The Morgan fingerprint density at radius 1 is 1.43 bits per heavy atom. The smallest absolute Gasteiger partial charge is 0.238 e. The summed E-state index contributed by atoms with van der Waals surface area (Å²) in [6, 6.07) is -0.509. The molecular formula is C13H20N4O3S. The quantitative estimate of drug-likeness (QED) is 0.833. The number of carbonyl (C=O) groups is 1. The number of nitrogens with zero attached hydrogens (tertiary/aromatic N) is 3. The minimum atomic E-state index is -3.32. The summed E-state index contributed by atoms with van der Waals surface area (Å²) in [4.78, 5) is 16.6. The van der Waals surface area contributed by atoms with E-state index in [4.69, 9.17) is 0 Å². The van der Waals surface area contributed by atoms with Crippen LogP contribution in [-0.2, 0) is 27.8 Å². The van der Waals surface area contributed by atoms with Gasteiger partial charge in [0.25, 0.3) is 0 Å². The third kappa shape index (κ3) is 2.96. The molecule has 1 aromatic rings. The Bertz CT molecular complexity index is 640. The maximum absolute atomic E-state index is 12.4. The van der Waals surface area contributed by atoms with Crippen molar-refractivity contribution in [2.45, 2.75) is 44.3 Å². The van der Waals surface area contributed by atoms with E-state index in [1.807, 2.05) is 10.8 Å². The van der Waals surface area contributed by atoms with Gasteiger partial charge in [-0.05, 0) is 19.3 Å².